The van der Waals surface area contributed by atoms with Gasteiger partial charge < -0.3 is 10.4 Å². The molecule has 2 N–H and O–H groups in total. The van der Waals surface area contributed by atoms with Crippen molar-refractivity contribution in [3.8, 4) is 0 Å². The SMILES string of the molecule is Cc1ncsc1CNCC1(CO)CCCC1. The van der Waals surface area contributed by atoms with E-state index in [1.54, 1.807) is 11.3 Å². The van der Waals surface area contributed by atoms with Gasteiger partial charge >= 0.3 is 0 Å². The molecular formula is C12H20N2OS. The second kappa shape index (κ2) is 5.25. The number of hydrogen-bond donors (Lipinski definition) is 2. The number of aryl methyl sites for hydroxylation is 1. The smallest absolute Gasteiger partial charge is 0.0798 e. The quantitative estimate of drug-likeness (QED) is 0.828. The van der Waals surface area contributed by atoms with Crippen molar-refractivity contribution < 1.29 is 5.11 Å². The Hall–Kier alpha value is -0.450. The van der Waals surface area contributed by atoms with E-state index in [1.165, 1.54) is 17.7 Å². The van der Waals surface area contributed by atoms with Gasteiger partial charge in [0.15, 0.2) is 0 Å². The van der Waals surface area contributed by atoms with E-state index >= 15 is 0 Å². The molecule has 3 nitrogen and oxygen atoms in total. The van der Waals surface area contributed by atoms with Crippen molar-refractivity contribution in [3.05, 3.63) is 16.1 Å². The molecule has 1 aromatic rings. The van der Waals surface area contributed by atoms with Crippen LogP contribution < -0.4 is 5.32 Å². The van der Waals surface area contributed by atoms with E-state index in [0.29, 0.717) is 6.61 Å². The lowest BCUT2D eigenvalue weighted by Crippen LogP contribution is -2.34. The summed E-state index contributed by atoms with van der Waals surface area (Å²) in [5, 5.41) is 13.0. The summed E-state index contributed by atoms with van der Waals surface area (Å²) in [5.74, 6) is 0. The maximum absolute atomic E-state index is 9.48. The molecule has 1 saturated carbocycles. The van der Waals surface area contributed by atoms with Crippen molar-refractivity contribution >= 4 is 11.3 Å². The fourth-order valence-electron chi connectivity index (χ4n) is 2.45. The zero-order valence-corrected chi connectivity index (χ0v) is 10.6. The summed E-state index contributed by atoms with van der Waals surface area (Å²) in [6.45, 7) is 4.19. The van der Waals surface area contributed by atoms with Gasteiger partial charge in [0.1, 0.15) is 0 Å². The molecule has 0 aliphatic heterocycles. The molecule has 2 rings (SSSR count). The normalized spacial score (nSPS) is 19.1. The molecular weight excluding hydrogens is 220 g/mol. The van der Waals surface area contributed by atoms with E-state index in [0.717, 1.165) is 31.6 Å². The van der Waals surface area contributed by atoms with Gasteiger partial charge in [0.2, 0.25) is 0 Å². The molecule has 1 aromatic heterocycles. The first-order chi connectivity index (χ1) is 7.76. The van der Waals surface area contributed by atoms with Gasteiger partial charge in [-0.1, -0.05) is 12.8 Å². The fourth-order valence-corrected chi connectivity index (χ4v) is 3.20. The second-order valence-corrected chi connectivity index (χ2v) is 5.77. The van der Waals surface area contributed by atoms with Crippen LogP contribution in [0.1, 0.15) is 36.3 Å². The van der Waals surface area contributed by atoms with E-state index < -0.39 is 0 Å². The topological polar surface area (TPSA) is 45.2 Å². The van der Waals surface area contributed by atoms with Gasteiger partial charge in [-0.05, 0) is 19.8 Å². The number of hydrogen-bond acceptors (Lipinski definition) is 4. The van der Waals surface area contributed by atoms with Gasteiger partial charge in [0.05, 0.1) is 11.2 Å². The average Bonchev–Trinajstić information content (AvgIpc) is 2.90. The van der Waals surface area contributed by atoms with Gasteiger partial charge in [-0.25, -0.2) is 4.98 Å². The first kappa shape index (κ1) is 12.0. The van der Waals surface area contributed by atoms with E-state index in [9.17, 15) is 5.11 Å². The Balaban J connectivity index is 1.81. The summed E-state index contributed by atoms with van der Waals surface area (Å²) in [7, 11) is 0. The van der Waals surface area contributed by atoms with E-state index in [-0.39, 0.29) is 5.41 Å². The fraction of sp³-hybridized carbons (Fsp3) is 0.750. The molecule has 0 aromatic carbocycles. The van der Waals surface area contributed by atoms with Crippen molar-refractivity contribution in [1.29, 1.82) is 0 Å². The summed E-state index contributed by atoms with van der Waals surface area (Å²) in [6, 6.07) is 0. The predicted octanol–water partition coefficient (Wildman–Crippen LogP) is 2.09. The van der Waals surface area contributed by atoms with Crippen LogP contribution in [-0.2, 0) is 6.54 Å². The van der Waals surface area contributed by atoms with E-state index in [2.05, 4.69) is 10.3 Å². The first-order valence-electron chi connectivity index (χ1n) is 5.96. The molecule has 1 aliphatic carbocycles. The van der Waals surface area contributed by atoms with Crippen LogP contribution in [0.3, 0.4) is 0 Å². The van der Waals surface area contributed by atoms with Gasteiger partial charge in [0.25, 0.3) is 0 Å². The molecule has 4 heteroatoms. The van der Waals surface area contributed by atoms with Gasteiger partial charge in [-0.2, -0.15) is 0 Å². The van der Waals surface area contributed by atoms with Crippen LogP contribution in [-0.4, -0.2) is 23.2 Å². The highest BCUT2D eigenvalue weighted by Gasteiger charge is 2.32. The Labute approximate surface area is 101 Å². The molecule has 0 atom stereocenters. The minimum atomic E-state index is 0.151. The molecule has 0 amide bonds. The molecule has 1 heterocycles. The van der Waals surface area contributed by atoms with Crippen molar-refractivity contribution in [2.75, 3.05) is 13.2 Å². The van der Waals surface area contributed by atoms with E-state index in [4.69, 9.17) is 0 Å². The zero-order valence-electron chi connectivity index (χ0n) is 9.83. The lowest BCUT2D eigenvalue weighted by atomic mass is 9.87. The third kappa shape index (κ3) is 2.62. The number of aliphatic hydroxyl groups excluding tert-OH is 1. The Bertz CT molecular complexity index is 332. The zero-order chi connectivity index (χ0) is 11.4. The highest BCUT2D eigenvalue weighted by Crippen LogP contribution is 2.36. The Kier molecular flexibility index (Phi) is 3.95. The third-order valence-corrected chi connectivity index (χ3v) is 4.57. The largest absolute Gasteiger partial charge is 0.396 e. The molecule has 90 valence electrons. The monoisotopic (exact) mass is 240 g/mol. The first-order valence-corrected chi connectivity index (χ1v) is 6.84. The summed E-state index contributed by atoms with van der Waals surface area (Å²) in [4.78, 5) is 5.54. The van der Waals surface area contributed by atoms with Gasteiger partial charge in [-0.3, -0.25) is 0 Å². The third-order valence-electron chi connectivity index (χ3n) is 3.63. The van der Waals surface area contributed by atoms with Crippen LogP contribution in [0.25, 0.3) is 0 Å². The Morgan fingerprint density at radius 1 is 1.50 bits per heavy atom. The van der Waals surface area contributed by atoms with Crippen molar-refractivity contribution in [1.82, 2.24) is 10.3 Å². The molecule has 1 fully saturated rings. The predicted molar refractivity (Wildman–Crippen MR) is 66.5 cm³/mol. The average molecular weight is 240 g/mol. The summed E-state index contributed by atoms with van der Waals surface area (Å²) in [6.07, 6.45) is 4.86. The molecule has 0 unspecified atom stereocenters. The Morgan fingerprint density at radius 2 is 2.25 bits per heavy atom. The van der Waals surface area contributed by atoms with Gasteiger partial charge in [-0.15, -0.1) is 11.3 Å². The highest BCUT2D eigenvalue weighted by molar-refractivity contribution is 7.09. The molecule has 16 heavy (non-hydrogen) atoms. The number of nitrogens with one attached hydrogen (secondary N) is 1. The molecule has 0 spiro atoms. The van der Waals surface area contributed by atoms with Crippen molar-refractivity contribution in [2.24, 2.45) is 5.41 Å². The lowest BCUT2D eigenvalue weighted by Gasteiger charge is -2.26. The summed E-state index contributed by atoms with van der Waals surface area (Å²) in [5.41, 5.74) is 3.17. The summed E-state index contributed by atoms with van der Waals surface area (Å²) >= 11 is 1.70. The van der Waals surface area contributed by atoms with Crippen LogP contribution in [0.2, 0.25) is 0 Å². The van der Waals surface area contributed by atoms with Gasteiger partial charge in [0, 0.05) is 30.0 Å². The number of aromatic nitrogens is 1. The summed E-state index contributed by atoms with van der Waals surface area (Å²) < 4.78 is 0. The standard InChI is InChI=1S/C12H20N2OS/c1-10-11(16-9-14-10)6-13-7-12(8-15)4-2-3-5-12/h9,13,15H,2-8H2,1H3. The molecule has 0 radical (unpaired) electrons. The number of nitrogens with zero attached hydrogens (tertiary/aromatic N) is 1. The van der Waals surface area contributed by atoms with Crippen LogP contribution in [0, 0.1) is 12.3 Å². The van der Waals surface area contributed by atoms with E-state index in [1.807, 2.05) is 12.4 Å². The molecule has 0 bridgehead atoms. The maximum atomic E-state index is 9.48. The van der Waals surface area contributed by atoms with Crippen LogP contribution in [0.5, 0.6) is 0 Å². The highest BCUT2D eigenvalue weighted by atomic mass is 32.1. The molecule has 0 saturated heterocycles. The Morgan fingerprint density at radius 3 is 2.81 bits per heavy atom. The van der Waals surface area contributed by atoms with Crippen molar-refractivity contribution in [3.63, 3.8) is 0 Å². The molecule has 1 aliphatic rings. The van der Waals surface area contributed by atoms with Crippen molar-refractivity contribution in [2.45, 2.75) is 39.2 Å². The number of rotatable bonds is 5. The van der Waals surface area contributed by atoms with Crippen LogP contribution in [0.4, 0.5) is 0 Å². The number of aliphatic hydroxyl groups is 1. The lowest BCUT2D eigenvalue weighted by molar-refractivity contribution is 0.128. The second-order valence-electron chi connectivity index (χ2n) is 4.83. The van der Waals surface area contributed by atoms with Crippen LogP contribution in [0.15, 0.2) is 5.51 Å². The van der Waals surface area contributed by atoms with Crippen LogP contribution >= 0.6 is 11.3 Å². The maximum Gasteiger partial charge on any atom is 0.0798 e. The minimum absolute atomic E-state index is 0.151. The number of thiazole rings is 1. The minimum Gasteiger partial charge on any atom is -0.396 e.